The number of rotatable bonds is 5. The van der Waals surface area contributed by atoms with E-state index in [0.29, 0.717) is 6.10 Å². The van der Waals surface area contributed by atoms with Gasteiger partial charge in [-0.1, -0.05) is 0 Å². The van der Waals surface area contributed by atoms with E-state index in [4.69, 9.17) is 10.5 Å². The van der Waals surface area contributed by atoms with Crippen molar-refractivity contribution in [3.05, 3.63) is 16.4 Å². The number of aromatic nitrogens is 2. The Morgan fingerprint density at radius 3 is 3.18 bits per heavy atom. The van der Waals surface area contributed by atoms with Gasteiger partial charge in [-0.2, -0.15) is 5.10 Å². The highest BCUT2D eigenvalue weighted by atomic mass is 79.9. The van der Waals surface area contributed by atoms with Gasteiger partial charge in [0.1, 0.15) is 0 Å². The van der Waals surface area contributed by atoms with Crippen LogP contribution < -0.4 is 5.73 Å². The van der Waals surface area contributed by atoms with Gasteiger partial charge in [0.05, 0.1) is 22.5 Å². The van der Waals surface area contributed by atoms with Crippen molar-refractivity contribution >= 4 is 15.9 Å². The molecule has 2 N–H and O–H groups in total. The minimum Gasteiger partial charge on any atom is -0.378 e. The first-order valence-corrected chi connectivity index (χ1v) is 7.10. The van der Waals surface area contributed by atoms with Gasteiger partial charge in [-0.05, 0) is 48.5 Å². The monoisotopic (exact) mass is 301 g/mol. The van der Waals surface area contributed by atoms with E-state index in [2.05, 4.69) is 28.0 Å². The Bertz CT molecular complexity index is 361. The van der Waals surface area contributed by atoms with Gasteiger partial charge in [0.25, 0.3) is 0 Å². The molecule has 2 unspecified atom stereocenters. The third kappa shape index (κ3) is 3.09. The Morgan fingerprint density at radius 2 is 2.53 bits per heavy atom. The van der Waals surface area contributed by atoms with Gasteiger partial charge in [-0.15, -0.1) is 0 Å². The van der Waals surface area contributed by atoms with E-state index in [0.717, 1.165) is 36.2 Å². The number of hydrogen-bond donors (Lipinski definition) is 1. The summed E-state index contributed by atoms with van der Waals surface area (Å²) < 4.78 is 8.59. The molecule has 0 aliphatic carbocycles. The van der Waals surface area contributed by atoms with E-state index in [1.54, 1.807) is 0 Å². The minimum absolute atomic E-state index is 0.0380. The fourth-order valence-corrected chi connectivity index (χ4v) is 2.96. The fraction of sp³-hybridized carbons (Fsp3) is 0.750. The molecule has 2 atom stereocenters. The fourth-order valence-electron chi connectivity index (χ4n) is 2.37. The lowest BCUT2D eigenvalue weighted by Crippen LogP contribution is -2.18. The summed E-state index contributed by atoms with van der Waals surface area (Å²) in [5, 5.41) is 4.29. The molecule has 1 aromatic rings. The summed E-state index contributed by atoms with van der Waals surface area (Å²) in [7, 11) is 0. The first-order chi connectivity index (χ1) is 8.22. The first kappa shape index (κ1) is 13.1. The summed E-state index contributed by atoms with van der Waals surface area (Å²) in [4.78, 5) is 0. The topological polar surface area (TPSA) is 53.1 Å². The molecule has 0 amide bonds. The largest absolute Gasteiger partial charge is 0.378 e. The van der Waals surface area contributed by atoms with Gasteiger partial charge < -0.3 is 10.5 Å². The molecule has 1 aliphatic rings. The number of hydrogen-bond acceptors (Lipinski definition) is 3. The highest BCUT2D eigenvalue weighted by molar-refractivity contribution is 9.10. The first-order valence-electron chi connectivity index (χ1n) is 6.30. The van der Waals surface area contributed by atoms with Crippen LogP contribution in [0.3, 0.4) is 0 Å². The van der Waals surface area contributed by atoms with Gasteiger partial charge in [-0.25, -0.2) is 0 Å². The van der Waals surface area contributed by atoms with Gasteiger partial charge >= 0.3 is 0 Å². The molecule has 2 rings (SSSR count). The van der Waals surface area contributed by atoms with Crippen molar-refractivity contribution in [1.82, 2.24) is 9.78 Å². The van der Waals surface area contributed by atoms with Crippen LogP contribution in [-0.2, 0) is 11.3 Å². The van der Waals surface area contributed by atoms with Crippen LogP contribution in [0.5, 0.6) is 0 Å². The quantitative estimate of drug-likeness (QED) is 0.909. The summed E-state index contributed by atoms with van der Waals surface area (Å²) >= 11 is 3.52. The number of nitrogens with two attached hydrogens (primary N) is 1. The van der Waals surface area contributed by atoms with Crippen LogP contribution in [-0.4, -0.2) is 22.5 Å². The molecule has 5 heteroatoms. The normalized spacial score (nSPS) is 21.9. The van der Waals surface area contributed by atoms with Crippen molar-refractivity contribution in [1.29, 1.82) is 0 Å². The van der Waals surface area contributed by atoms with Gasteiger partial charge in [-0.3, -0.25) is 4.68 Å². The summed E-state index contributed by atoms with van der Waals surface area (Å²) in [5.74, 6) is 0. The Morgan fingerprint density at radius 1 is 1.71 bits per heavy atom. The molecular formula is C12H20BrN3O. The molecule has 0 bridgehead atoms. The van der Waals surface area contributed by atoms with Crippen molar-refractivity contribution < 1.29 is 4.74 Å². The maximum absolute atomic E-state index is 6.25. The lowest BCUT2D eigenvalue weighted by molar-refractivity contribution is 0.100. The van der Waals surface area contributed by atoms with Crippen LogP contribution in [0.15, 0.2) is 10.7 Å². The van der Waals surface area contributed by atoms with E-state index in [1.165, 1.54) is 12.8 Å². The van der Waals surface area contributed by atoms with Crippen LogP contribution in [0, 0.1) is 0 Å². The highest BCUT2D eigenvalue weighted by Crippen LogP contribution is 2.27. The molecule has 1 saturated heterocycles. The van der Waals surface area contributed by atoms with Gasteiger partial charge in [0.15, 0.2) is 0 Å². The second-order valence-electron chi connectivity index (χ2n) is 4.51. The summed E-state index contributed by atoms with van der Waals surface area (Å²) in [6, 6.07) is 0.0380. The lowest BCUT2D eigenvalue weighted by Gasteiger charge is -2.16. The van der Waals surface area contributed by atoms with Crippen molar-refractivity contribution in [3.8, 4) is 0 Å². The Labute approximate surface area is 111 Å². The number of aryl methyl sites for hydroxylation is 1. The van der Waals surface area contributed by atoms with Crippen molar-refractivity contribution in [2.45, 2.75) is 51.3 Å². The Hall–Kier alpha value is -0.390. The summed E-state index contributed by atoms with van der Waals surface area (Å²) in [6.45, 7) is 3.85. The smallest absolute Gasteiger partial charge is 0.0693 e. The third-order valence-electron chi connectivity index (χ3n) is 3.31. The number of ether oxygens (including phenoxy) is 1. The van der Waals surface area contributed by atoms with Crippen LogP contribution in [0.4, 0.5) is 0 Å². The van der Waals surface area contributed by atoms with E-state index >= 15 is 0 Å². The molecule has 0 aromatic carbocycles. The zero-order valence-corrected chi connectivity index (χ0v) is 11.8. The molecule has 0 spiro atoms. The van der Waals surface area contributed by atoms with Gasteiger partial charge in [0.2, 0.25) is 0 Å². The average molecular weight is 302 g/mol. The maximum atomic E-state index is 6.25. The third-order valence-corrected chi connectivity index (χ3v) is 3.92. The second kappa shape index (κ2) is 5.98. The average Bonchev–Trinajstić information content (AvgIpc) is 2.94. The predicted molar refractivity (Wildman–Crippen MR) is 70.7 cm³/mol. The van der Waals surface area contributed by atoms with Crippen LogP contribution in [0.2, 0.25) is 0 Å². The van der Waals surface area contributed by atoms with Crippen LogP contribution in [0.25, 0.3) is 0 Å². The zero-order valence-electron chi connectivity index (χ0n) is 10.2. The maximum Gasteiger partial charge on any atom is 0.0693 e. The standard InChI is InChI=1S/C12H20BrN3O/c1-2-16-12(10(13)8-15-16)11(14)6-5-9-4-3-7-17-9/h8-9,11H,2-7,14H2,1H3. The van der Waals surface area contributed by atoms with E-state index < -0.39 is 0 Å². The SMILES string of the molecule is CCn1ncc(Br)c1C(N)CCC1CCCO1. The van der Waals surface area contributed by atoms with Crippen molar-refractivity contribution in [2.75, 3.05) is 6.61 Å². The van der Waals surface area contributed by atoms with Gasteiger partial charge in [0, 0.05) is 19.2 Å². The number of nitrogens with zero attached hydrogens (tertiary/aromatic N) is 2. The zero-order chi connectivity index (χ0) is 12.3. The van der Waals surface area contributed by atoms with E-state index in [-0.39, 0.29) is 6.04 Å². The van der Waals surface area contributed by atoms with E-state index in [9.17, 15) is 0 Å². The second-order valence-corrected chi connectivity index (χ2v) is 5.37. The predicted octanol–water partition coefficient (Wildman–Crippen LogP) is 2.62. The molecule has 1 fully saturated rings. The molecular weight excluding hydrogens is 282 g/mol. The Kier molecular flexibility index (Phi) is 4.59. The molecule has 2 heterocycles. The summed E-state index contributed by atoms with van der Waals surface area (Å²) in [6.07, 6.45) is 6.61. The highest BCUT2D eigenvalue weighted by Gasteiger charge is 2.20. The van der Waals surface area contributed by atoms with Crippen molar-refractivity contribution in [2.24, 2.45) is 5.73 Å². The lowest BCUT2D eigenvalue weighted by atomic mass is 10.0. The molecule has 1 aromatic heterocycles. The van der Waals surface area contributed by atoms with Crippen molar-refractivity contribution in [3.63, 3.8) is 0 Å². The van der Waals surface area contributed by atoms with Crippen LogP contribution in [0.1, 0.15) is 44.3 Å². The molecule has 4 nitrogen and oxygen atoms in total. The van der Waals surface area contributed by atoms with E-state index in [1.807, 2.05) is 10.9 Å². The minimum atomic E-state index is 0.0380. The molecule has 96 valence electrons. The molecule has 0 saturated carbocycles. The summed E-state index contributed by atoms with van der Waals surface area (Å²) in [5.41, 5.74) is 7.35. The number of halogens is 1. The van der Waals surface area contributed by atoms with Crippen LogP contribution >= 0.6 is 15.9 Å². The molecule has 1 aliphatic heterocycles. The molecule has 0 radical (unpaired) electrons. The Balaban J connectivity index is 1.93. The molecule has 17 heavy (non-hydrogen) atoms.